The van der Waals surface area contributed by atoms with Crippen molar-refractivity contribution >= 4 is 0 Å². The van der Waals surface area contributed by atoms with Gasteiger partial charge in [-0.2, -0.15) is 5.26 Å². The highest BCUT2D eigenvalue weighted by Crippen LogP contribution is 2.45. The molecule has 2 aliphatic rings. The van der Waals surface area contributed by atoms with Crippen LogP contribution in [-0.2, 0) is 0 Å². The molecule has 2 aliphatic carbocycles. The fourth-order valence-corrected chi connectivity index (χ4v) is 1.95. The summed E-state index contributed by atoms with van der Waals surface area (Å²) >= 11 is 0. The van der Waals surface area contributed by atoms with Gasteiger partial charge in [-0.1, -0.05) is 0 Å². The first-order chi connectivity index (χ1) is 7.86. The van der Waals surface area contributed by atoms with E-state index in [0.717, 1.165) is 23.8 Å². The van der Waals surface area contributed by atoms with Crippen LogP contribution < -0.4 is 4.74 Å². The number of ether oxygens (including phenoxy) is 1. The molecule has 0 N–H and O–H groups in total. The molecule has 82 valence electrons. The van der Waals surface area contributed by atoms with Gasteiger partial charge in [0.1, 0.15) is 5.75 Å². The molecule has 2 saturated carbocycles. The summed E-state index contributed by atoms with van der Waals surface area (Å²) in [6, 6.07) is 8.02. The highest BCUT2D eigenvalue weighted by Gasteiger charge is 2.28. The van der Waals surface area contributed by atoms with E-state index in [1.165, 1.54) is 31.2 Å². The van der Waals surface area contributed by atoms with Gasteiger partial charge in [0.25, 0.3) is 0 Å². The summed E-state index contributed by atoms with van der Waals surface area (Å²) in [4.78, 5) is 0. The summed E-state index contributed by atoms with van der Waals surface area (Å²) in [5.74, 6) is 2.43. The van der Waals surface area contributed by atoms with Crippen LogP contribution in [0.3, 0.4) is 0 Å². The van der Waals surface area contributed by atoms with Gasteiger partial charge < -0.3 is 4.74 Å². The lowest BCUT2D eigenvalue weighted by Gasteiger charge is -2.10. The van der Waals surface area contributed by atoms with E-state index in [0.29, 0.717) is 5.92 Å². The second kappa shape index (κ2) is 3.83. The first-order valence-electron chi connectivity index (χ1n) is 6.03. The average Bonchev–Trinajstić information content (AvgIpc) is 3.18. The first kappa shape index (κ1) is 9.72. The molecule has 0 saturated heterocycles. The molecule has 2 heteroatoms. The van der Waals surface area contributed by atoms with Crippen LogP contribution in [0.1, 0.15) is 42.7 Å². The SMILES string of the molecule is N#Cc1ccc(OCC2CC2)c(C2CC2)c1. The normalized spacial score (nSPS) is 19.2. The Labute approximate surface area is 95.8 Å². The molecule has 0 radical (unpaired) electrons. The van der Waals surface area contributed by atoms with Crippen LogP contribution in [0.2, 0.25) is 0 Å². The smallest absolute Gasteiger partial charge is 0.122 e. The molecule has 0 atom stereocenters. The molecule has 3 rings (SSSR count). The molecule has 2 nitrogen and oxygen atoms in total. The van der Waals surface area contributed by atoms with Crippen LogP contribution in [-0.4, -0.2) is 6.61 Å². The number of rotatable bonds is 4. The maximum atomic E-state index is 8.89. The standard InChI is InChI=1S/C14H15NO/c15-8-11-3-6-14(16-9-10-1-2-10)13(7-11)12-4-5-12/h3,6-7,10,12H,1-2,4-5,9H2. The van der Waals surface area contributed by atoms with Crippen molar-refractivity contribution in [1.82, 2.24) is 0 Å². The molecule has 16 heavy (non-hydrogen) atoms. The zero-order valence-corrected chi connectivity index (χ0v) is 9.28. The number of hydrogen-bond acceptors (Lipinski definition) is 2. The average molecular weight is 213 g/mol. The van der Waals surface area contributed by atoms with Crippen molar-refractivity contribution in [2.45, 2.75) is 31.6 Å². The Bertz CT molecular complexity index is 439. The van der Waals surface area contributed by atoms with Gasteiger partial charge in [-0.25, -0.2) is 0 Å². The fourth-order valence-electron chi connectivity index (χ4n) is 1.95. The third kappa shape index (κ3) is 2.04. The third-order valence-corrected chi connectivity index (χ3v) is 3.33. The zero-order chi connectivity index (χ0) is 11.0. The predicted octanol–water partition coefficient (Wildman–Crippen LogP) is 3.22. The van der Waals surface area contributed by atoms with Crippen molar-refractivity contribution in [3.63, 3.8) is 0 Å². The van der Waals surface area contributed by atoms with Crippen molar-refractivity contribution < 1.29 is 4.74 Å². The molecule has 0 aromatic heterocycles. The number of hydrogen-bond donors (Lipinski definition) is 0. The van der Waals surface area contributed by atoms with Crippen LogP contribution in [0.4, 0.5) is 0 Å². The largest absolute Gasteiger partial charge is 0.493 e. The summed E-state index contributed by atoms with van der Waals surface area (Å²) < 4.78 is 5.85. The topological polar surface area (TPSA) is 33.0 Å². The lowest BCUT2D eigenvalue weighted by Crippen LogP contribution is -2.01. The highest BCUT2D eigenvalue weighted by atomic mass is 16.5. The van der Waals surface area contributed by atoms with Crippen molar-refractivity contribution in [2.75, 3.05) is 6.61 Å². The zero-order valence-electron chi connectivity index (χ0n) is 9.28. The Morgan fingerprint density at radius 3 is 2.69 bits per heavy atom. The summed E-state index contributed by atoms with van der Waals surface area (Å²) in [7, 11) is 0. The lowest BCUT2D eigenvalue weighted by atomic mass is 10.1. The molecule has 1 aromatic carbocycles. The van der Waals surface area contributed by atoms with Crippen LogP contribution >= 0.6 is 0 Å². The van der Waals surface area contributed by atoms with Crippen LogP contribution in [0.15, 0.2) is 18.2 Å². The summed E-state index contributed by atoms with van der Waals surface area (Å²) in [5.41, 5.74) is 2.00. The first-order valence-corrected chi connectivity index (χ1v) is 6.03. The van der Waals surface area contributed by atoms with Gasteiger partial charge in [0.15, 0.2) is 0 Å². The molecule has 0 spiro atoms. The Morgan fingerprint density at radius 1 is 1.25 bits per heavy atom. The highest BCUT2D eigenvalue weighted by molar-refractivity contribution is 5.45. The number of nitriles is 1. The lowest BCUT2D eigenvalue weighted by molar-refractivity contribution is 0.297. The van der Waals surface area contributed by atoms with Crippen molar-refractivity contribution in [3.05, 3.63) is 29.3 Å². The maximum Gasteiger partial charge on any atom is 0.122 e. The van der Waals surface area contributed by atoms with E-state index in [2.05, 4.69) is 6.07 Å². The quantitative estimate of drug-likeness (QED) is 0.769. The van der Waals surface area contributed by atoms with E-state index < -0.39 is 0 Å². The summed E-state index contributed by atoms with van der Waals surface area (Å²) in [5, 5.41) is 8.89. The Balaban J connectivity index is 1.81. The molecule has 0 bridgehead atoms. The molecular weight excluding hydrogens is 198 g/mol. The minimum atomic E-state index is 0.641. The van der Waals surface area contributed by atoms with Gasteiger partial charge >= 0.3 is 0 Å². The van der Waals surface area contributed by atoms with E-state index in [9.17, 15) is 0 Å². The van der Waals surface area contributed by atoms with Gasteiger partial charge in [0.05, 0.1) is 18.2 Å². The van der Waals surface area contributed by atoms with E-state index >= 15 is 0 Å². The Morgan fingerprint density at radius 2 is 2.06 bits per heavy atom. The fraction of sp³-hybridized carbons (Fsp3) is 0.500. The molecule has 2 fully saturated rings. The number of benzene rings is 1. The molecule has 0 amide bonds. The monoisotopic (exact) mass is 213 g/mol. The Kier molecular flexibility index (Phi) is 2.32. The molecule has 0 aliphatic heterocycles. The maximum absolute atomic E-state index is 8.89. The van der Waals surface area contributed by atoms with Gasteiger partial charge in [0, 0.05) is 0 Å². The van der Waals surface area contributed by atoms with Crippen LogP contribution in [0.25, 0.3) is 0 Å². The molecule has 0 heterocycles. The minimum absolute atomic E-state index is 0.641. The second-order valence-electron chi connectivity index (χ2n) is 4.89. The summed E-state index contributed by atoms with van der Waals surface area (Å²) in [6.07, 6.45) is 5.12. The van der Waals surface area contributed by atoms with E-state index in [4.69, 9.17) is 10.00 Å². The van der Waals surface area contributed by atoms with E-state index in [1.54, 1.807) is 0 Å². The van der Waals surface area contributed by atoms with E-state index in [1.807, 2.05) is 18.2 Å². The summed E-state index contributed by atoms with van der Waals surface area (Å²) in [6.45, 7) is 0.853. The Hall–Kier alpha value is -1.49. The van der Waals surface area contributed by atoms with Gasteiger partial charge in [-0.05, 0) is 61.3 Å². The van der Waals surface area contributed by atoms with Gasteiger partial charge in [-0.3, -0.25) is 0 Å². The van der Waals surface area contributed by atoms with E-state index in [-0.39, 0.29) is 0 Å². The van der Waals surface area contributed by atoms with Crippen molar-refractivity contribution in [3.8, 4) is 11.8 Å². The predicted molar refractivity (Wildman–Crippen MR) is 61.4 cm³/mol. The minimum Gasteiger partial charge on any atom is -0.493 e. The van der Waals surface area contributed by atoms with Gasteiger partial charge in [-0.15, -0.1) is 0 Å². The second-order valence-corrected chi connectivity index (χ2v) is 4.89. The van der Waals surface area contributed by atoms with Gasteiger partial charge in [0.2, 0.25) is 0 Å². The number of nitrogens with zero attached hydrogens (tertiary/aromatic N) is 1. The van der Waals surface area contributed by atoms with Crippen LogP contribution in [0, 0.1) is 17.2 Å². The van der Waals surface area contributed by atoms with Crippen LogP contribution in [0.5, 0.6) is 5.75 Å². The third-order valence-electron chi connectivity index (χ3n) is 3.33. The molecular formula is C14H15NO. The molecule has 1 aromatic rings. The molecule has 0 unspecified atom stereocenters. The van der Waals surface area contributed by atoms with Crippen molar-refractivity contribution in [1.29, 1.82) is 5.26 Å². The van der Waals surface area contributed by atoms with Crippen molar-refractivity contribution in [2.24, 2.45) is 5.92 Å².